The summed E-state index contributed by atoms with van der Waals surface area (Å²) in [5, 5.41) is 8.15. The first kappa shape index (κ1) is 17.5. The molecular weight excluding hydrogens is 316 g/mol. The van der Waals surface area contributed by atoms with E-state index in [9.17, 15) is 4.79 Å². The molecule has 0 atom stereocenters. The molecule has 25 heavy (non-hydrogen) atoms. The largest absolute Gasteiger partial charge is 0.483 e. The Labute approximate surface area is 148 Å². The Morgan fingerprint density at radius 1 is 1.28 bits per heavy atom. The second-order valence-electron chi connectivity index (χ2n) is 6.94. The molecule has 0 saturated carbocycles. The predicted molar refractivity (Wildman–Crippen MR) is 95.6 cm³/mol. The van der Waals surface area contributed by atoms with Gasteiger partial charge in [-0.2, -0.15) is 0 Å². The lowest BCUT2D eigenvalue weighted by Crippen LogP contribution is -2.40. The molecular formula is C19H26N4O2. The molecule has 134 valence electrons. The Morgan fingerprint density at radius 3 is 2.64 bits per heavy atom. The number of aryl methyl sites for hydroxylation is 1. The van der Waals surface area contributed by atoms with Crippen molar-refractivity contribution < 1.29 is 9.53 Å². The maximum atomic E-state index is 12.5. The number of hydrogen-bond donors (Lipinski definition) is 0. The quantitative estimate of drug-likeness (QED) is 0.838. The molecule has 0 aliphatic carbocycles. The molecule has 2 aromatic rings. The van der Waals surface area contributed by atoms with Crippen molar-refractivity contribution in [1.29, 1.82) is 0 Å². The maximum Gasteiger partial charge on any atom is 0.260 e. The molecule has 1 aromatic carbocycles. The zero-order valence-corrected chi connectivity index (χ0v) is 15.2. The standard InChI is InChI=1S/C19H26N4O2/c1-14(2)16-6-4-5-7-17(16)25-12-18(24)23-10-8-15(9-11-23)19-21-20-13-22(19)3/h4-7,13-15H,8-12H2,1-3H3. The van der Waals surface area contributed by atoms with Gasteiger partial charge in [-0.1, -0.05) is 32.0 Å². The van der Waals surface area contributed by atoms with Gasteiger partial charge in [-0.25, -0.2) is 0 Å². The Bertz CT molecular complexity index is 718. The number of piperidine rings is 1. The Balaban J connectivity index is 1.53. The van der Waals surface area contributed by atoms with Crippen molar-refractivity contribution in [1.82, 2.24) is 19.7 Å². The summed E-state index contributed by atoms with van der Waals surface area (Å²) in [5.41, 5.74) is 1.14. The number of benzene rings is 1. The highest BCUT2D eigenvalue weighted by atomic mass is 16.5. The fourth-order valence-electron chi connectivity index (χ4n) is 3.37. The summed E-state index contributed by atoms with van der Waals surface area (Å²) >= 11 is 0. The molecule has 1 aromatic heterocycles. The molecule has 1 fully saturated rings. The lowest BCUT2D eigenvalue weighted by molar-refractivity contribution is -0.134. The van der Waals surface area contributed by atoms with Crippen molar-refractivity contribution in [2.75, 3.05) is 19.7 Å². The number of nitrogens with zero attached hydrogens (tertiary/aromatic N) is 4. The number of ether oxygens (including phenoxy) is 1. The lowest BCUT2D eigenvalue weighted by atomic mass is 9.96. The third-order valence-electron chi connectivity index (χ3n) is 4.85. The van der Waals surface area contributed by atoms with Crippen LogP contribution in [0.5, 0.6) is 5.75 Å². The summed E-state index contributed by atoms with van der Waals surface area (Å²) in [5.74, 6) is 2.61. The second kappa shape index (κ2) is 7.68. The van der Waals surface area contributed by atoms with Gasteiger partial charge < -0.3 is 14.2 Å². The number of rotatable bonds is 5. The first-order valence-electron chi connectivity index (χ1n) is 8.89. The van der Waals surface area contributed by atoms with Crippen LogP contribution in [0.2, 0.25) is 0 Å². The van der Waals surface area contributed by atoms with E-state index in [4.69, 9.17) is 4.74 Å². The van der Waals surface area contributed by atoms with Crippen LogP contribution in [0, 0.1) is 0 Å². The summed E-state index contributed by atoms with van der Waals surface area (Å²) in [4.78, 5) is 14.4. The Kier molecular flexibility index (Phi) is 5.36. The Hall–Kier alpha value is -2.37. The van der Waals surface area contributed by atoms with Gasteiger partial charge in [0.05, 0.1) is 0 Å². The number of carbonyl (C=O) groups is 1. The minimum Gasteiger partial charge on any atom is -0.483 e. The van der Waals surface area contributed by atoms with Gasteiger partial charge in [-0.15, -0.1) is 10.2 Å². The van der Waals surface area contributed by atoms with Gasteiger partial charge in [0.15, 0.2) is 6.61 Å². The van der Waals surface area contributed by atoms with Crippen LogP contribution in [0.1, 0.15) is 49.9 Å². The number of hydrogen-bond acceptors (Lipinski definition) is 4. The summed E-state index contributed by atoms with van der Waals surface area (Å²) in [6.07, 6.45) is 3.56. The van der Waals surface area contributed by atoms with E-state index in [1.165, 1.54) is 0 Å². The third kappa shape index (κ3) is 4.00. The highest BCUT2D eigenvalue weighted by Gasteiger charge is 2.26. The number of aromatic nitrogens is 3. The third-order valence-corrected chi connectivity index (χ3v) is 4.85. The van der Waals surface area contributed by atoms with Crippen LogP contribution in [0.3, 0.4) is 0 Å². The molecule has 1 amide bonds. The van der Waals surface area contributed by atoms with Gasteiger partial charge >= 0.3 is 0 Å². The number of carbonyl (C=O) groups excluding carboxylic acids is 1. The van der Waals surface area contributed by atoms with E-state index in [0.29, 0.717) is 11.8 Å². The summed E-state index contributed by atoms with van der Waals surface area (Å²) in [6.45, 7) is 5.83. The molecule has 3 rings (SSSR count). The van der Waals surface area contributed by atoms with Crippen molar-refractivity contribution in [3.05, 3.63) is 42.0 Å². The zero-order chi connectivity index (χ0) is 17.8. The SMILES string of the molecule is CC(C)c1ccccc1OCC(=O)N1CCC(c2nncn2C)CC1. The fourth-order valence-corrected chi connectivity index (χ4v) is 3.37. The number of amides is 1. The van der Waals surface area contributed by atoms with Gasteiger partial charge in [0.2, 0.25) is 0 Å². The van der Waals surface area contributed by atoms with Crippen LogP contribution in [0.25, 0.3) is 0 Å². The van der Waals surface area contributed by atoms with E-state index < -0.39 is 0 Å². The van der Waals surface area contributed by atoms with Crippen molar-refractivity contribution >= 4 is 5.91 Å². The number of likely N-dealkylation sites (tertiary alicyclic amines) is 1. The van der Waals surface area contributed by atoms with Crippen molar-refractivity contribution in [3.8, 4) is 5.75 Å². The van der Waals surface area contributed by atoms with E-state index >= 15 is 0 Å². The van der Waals surface area contributed by atoms with Crippen LogP contribution >= 0.6 is 0 Å². The molecule has 0 bridgehead atoms. The van der Waals surface area contributed by atoms with Crippen molar-refractivity contribution in [2.24, 2.45) is 7.05 Å². The average molecular weight is 342 g/mol. The minimum absolute atomic E-state index is 0.0509. The maximum absolute atomic E-state index is 12.5. The zero-order valence-electron chi connectivity index (χ0n) is 15.2. The van der Waals surface area contributed by atoms with Crippen LogP contribution in [-0.2, 0) is 11.8 Å². The van der Waals surface area contributed by atoms with Crippen LogP contribution < -0.4 is 4.74 Å². The van der Waals surface area contributed by atoms with E-state index in [1.54, 1.807) is 6.33 Å². The smallest absolute Gasteiger partial charge is 0.260 e. The first-order chi connectivity index (χ1) is 12.1. The molecule has 1 aliphatic heterocycles. The van der Waals surface area contributed by atoms with Crippen LogP contribution in [0.15, 0.2) is 30.6 Å². The van der Waals surface area contributed by atoms with Crippen LogP contribution in [0.4, 0.5) is 0 Å². The summed E-state index contributed by atoms with van der Waals surface area (Å²) in [7, 11) is 1.97. The van der Waals surface area contributed by atoms with Gasteiger partial charge in [-0.05, 0) is 30.4 Å². The fraction of sp³-hybridized carbons (Fsp3) is 0.526. The van der Waals surface area contributed by atoms with E-state index in [0.717, 1.165) is 43.1 Å². The molecule has 0 spiro atoms. The topological polar surface area (TPSA) is 60.2 Å². The predicted octanol–water partition coefficient (Wildman–Crippen LogP) is 2.72. The van der Waals surface area contributed by atoms with Crippen molar-refractivity contribution in [3.63, 3.8) is 0 Å². The Morgan fingerprint density at radius 2 is 2.00 bits per heavy atom. The molecule has 6 heteroatoms. The molecule has 0 N–H and O–H groups in total. The molecule has 2 heterocycles. The average Bonchev–Trinajstić information content (AvgIpc) is 3.06. The van der Waals surface area contributed by atoms with Gasteiger partial charge in [-0.3, -0.25) is 4.79 Å². The minimum atomic E-state index is 0.0509. The molecule has 1 saturated heterocycles. The molecule has 1 aliphatic rings. The highest BCUT2D eigenvalue weighted by Crippen LogP contribution is 2.27. The van der Waals surface area contributed by atoms with Crippen LogP contribution in [-0.4, -0.2) is 45.3 Å². The normalized spacial score (nSPS) is 15.6. The van der Waals surface area contributed by atoms with Crippen molar-refractivity contribution in [2.45, 2.75) is 38.5 Å². The first-order valence-corrected chi connectivity index (χ1v) is 8.89. The molecule has 6 nitrogen and oxygen atoms in total. The summed E-state index contributed by atoms with van der Waals surface area (Å²) in [6, 6.07) is 7.93. The lowest BCUT2D eigenvalue weighted by Gasteiger charge is -2.31. The second-order valence-corrected chi connectivity index (χ2v) is 6.94. The van der Waals surface area contributed by atoms with E-state index in [2.05, 4.69) is 30.1 Å². The van der Waals surface area contributed by atoms with Gasteiger partial charge in [0, 0.05) is 26.1 Å². The van der Waals surface area contributed by atoms with E-state index in [-0.39, 0.29) is 12.5 Å². The molecule has 0 unspecified atom stereocenters. The van der Waals surface area contributed by atoms with Gasteiger partial charge in [0.25, 0.3) is 5.91 Å². The van der Waals surface area contributed by atoms with Gasteiger partial charge in [0.1, 0.15) is 17.9 Å². The summed E-state index contributed by atoms with van der Waals surface area (Å²) < 4.78 is 7.78. The van der Waals surface area contributed by atoms with E-state index in [1.807, 2.05) is 34.7 Å². The number of para-hydroxylation sites is 1. The monoisotopic (exact) mass is 342 g/mol. The highest BCUT2D eigenvalue weighted by molar-refractivity contribution is 5.78. The molecule has 0 radical (unpaired) electrons.